The summed E-state index contributed by atoms with van der Waals surface area (Å²) < 4.78 is 0. The summed E-state index contributed by atoms with van der Waals surface area (Å²) in [6.45, 7) is 3.09. The Morgan fingerprint density at radius 1 is 1.50 bits per heavy atom. The van der Waals surface area contributed by atoms with Gasteiger partial charge in [-0.3, -0.25) is 0 Å². The molecule has 0 fully saturated rings. The maximum Gasteiger partial charge on any atom is 0.188 e. The van der Waals surface area contributed by atoms with E-state index in [0.717, 1.165) is 12.1 Å². The SMILES string of the molecule is CCNC(N)=NCc1ccccc1O. The van der Waals surface area contributed by atoms with Crippen molar-refractivity contribution < 1.29 is 5.11 Å². The predicted molar refractivity (Wildman–Crippen MR) is 57.1 cm³/mol. The summed E-state index contributed by atoms with van der Waals surface area (Å²) in [5.41, 5.74) is 6.31. The molecule has 0 spiro atoms. The van der Waals surface area contributed by atoms with Crippen LogP contribution in [0.3, 0.4) is 0 Å². The van der Waals surface area contributed by atoms with E-state index in [-0.39, 0.29) is 5.75 Å². The van der Waals surface area contributed by atoms with Crippen molar-refractivity contribution in [1.29, 1.82) is 0 Å². The standard InChI is InChI=1S/C10H15N3O/c1-2-12-10(11)13-7-8-5-3-4-6-9(8)14/h3-6,14H,2,7H2,1H3,(H3,11,12,13). The molecule has 14 heavy (non-hydrogen) atoms. The van der Waals surface area contributed by atoms with E-state index in [2.05, 4.69) is 10.3 Å². The van der Waals surface area contributed by atoms with E-state index in [1.54, 1.807) is 12.1 Å². The molecule has 4 nitrogen and oxygen atoms in total. The molecule has 4 heteroatoms. The lowest BCUT2D eigenvalue weighted by atomic mass is 10.2. The minimum absolute atomic E-state index is 0.251. The van der Waals surface area contributed by atoms with Crippen LogP contribution in [0.5, 0.6) is 5.75 Å². The Balaban J connectivity index is 2.61. The molecule has 0 aliphatic rings. The minimum Gasteiger partial charge on any atom is -0.508 e. The first kappa shape index (κ1) is 10.4. The van der Waals surface area contributed by atoms with Crippen molar-refractivity contribution in [2.24, 2.45) is 10.7 Å². The first-order valence-corrected chi connectivity index (χ1v) is 4.54. The van der Waals surface area contributed by atoms with Crippen LogP contribution in [0, 0.1) is 0 Å². The van der Waals surface area contributed by atoms with Crippen LogP contribution >= 0.6 is 0 Å². The molecule has 0 aliphatic carbocycles. The van der Waals surface area contributed by atoms with E-state index >= 15 is 0 Å². The van der Waals surface area contributed by atoms with Crippen LogP contribution in [0.15, 0.2) is 29.3 Å². The van der Waals surface area contributed by atoms with Gasteiger partial charge in [0.25, 0.3) is 0 Å². The summed E-state index contributed by atoms with van der Waals surface area (Å²) in [6.07, 6.45) is 0. The number of nitrogens with one attached hydrogen (secondary N) is 1. The Morgan fingerprint density at radius 2 is 2.21 bits per heavy atom. The first-order valence-electron chi connectivity index (χ1n) is 4.54. The van der Waals surface area contributed by atoms with Crippen LogP contribution in [-0.2, 0) is 6.54 Å². The normalized spacial score (nSPS) is 11.4. The van der Waals surface area contributed by atoms with Gasteiger partial charge < -0.3 is 16.2 Å². The maximum absolute atomic E-state index is 9.42. The third-order valence-corrected chi connectivity index (χ3v) is 1.77. The van der Waals surface area contributed by atoms with Crippen molar-refractivity contribution in [2.75, 3.05) is 6.54 Å². The van der Waals surface area contributed by atoms with Gasteiger partial charge in [0, 0.05) is 12.1 Å². The molecular weight excluding hydrogens is 178 g/mol. The van der Waals surface area contributed by atoms with Crippen molar-refractivity contribution >= 4 is 5.96 Å². The lowest BCUT2D eigenvalue weighted by Gasteiger charge is -2.03. The van der Waals surface area contributed by atoms with Crippen LogP contribution in [0.2, 0.25) is 0 Å². The van der Waals surface area contributed by atoms with E-state index in [0.29, 0.717) is 12.5 Å². The number of phenolic OH excluding ortho intramolecular Hbond substituents is 1. The molecule has 1 aromatic carbocycles. The second kappa shape index (κ2) is 5.11. The van der Waals surface area contributed by atoms with E-state index in [1.807, 2.05) is 19.1 Å². The number of benzene rings is 1. The first-order chi connectivity index (χ1) is 6.74. The van der Waals surface area contributed by atoms with E-state index in [4.69, 9.17) is 5.73 Å². The van der Waals surface area contributed by atoms with Crippen molar-refractivity contribution in [3.63, 3.8) is 0 Å². The number of nitrogens with zero attached hydrogens (tertiary/aromatic N) is 1. The third kappa shape index (κ3) is 2.97. The van der Waals surface area contributed by atoms with Crippen molar-refractivity contribution in [3.05, 3.63) is 29.8 Å². The van der Waals surface area contributed by atoms with E-state index < -0.39 is 0 Å². The number of phenols is 1. The van der Waals surface area contributed by atoms with Crippen LogP contribution in [0.25, 0.3) is 0 Å². The Hall–Kier alpha value is -1.71. The molecule has 0 atom stereocenters. The van der Waals surface area contributed by atoms with E-state index in [1.165, 1.54) is 0 Å². The summed E-state index contributed by atoms with van der Waals surface area (Å²) in [5, 5.41) is 12.3. The van der Waals surface area contributed by atoms with E-state index in [9.17, 15) is 5.11 Å². The molecule has 0 amide bonds. The van der Waals surface area contributed by atoms with Gasteiger partial charge in [0.05, 0.1) is 6.54 Å². The molecule has 76 valence electrons. The zero-order chi connectivity index (χ0) is 10.4. The Bertz CT molecular complexity index is 323. The zero-order valence-electron chi connectivity index (χ0n) is 8.20. The van der Waals surface area contributed by atoms with Gasteiger partial charge in [-0.15, -0.1) is 0 Å². The number of nitrogens with two attached hydrogens (primary N) is 1. The lowest BCUT2D eigenvalue weighted by Crippen LogP contribution is -2.31. The summed E-state index contributed by atoms with van der Waals surface area (Å²) >= 11 is 0. The summed E-state index contributed by atoms with van der Waals surface area (Å²) in [4.78, 5) is 4.07. The van der Waals surface area contributed by atoms with Gasteiger partial charge in [-0.25, -0.2) is 4.99 Å². The second-order valence-corrected chi connectivity index (χ2v) is 2.86. The van der Waals surface area contributed by atoms with Gasteiger partial charge in [0.15, 0.2) is 5.96 Å². The zero-order valence-corrected chi connectivity index (χ0v) is 8.20. The van der Waals surface area contributed by atoms with Crippen molar-refractivity contribution in [2.45, 2.75) is 13.5 Å². The maximum atomic E-state index is 9.42. The molecule has 0 saturated heterocycles. The summed E-state index contributed by atoms with van der Waals surface area (Å²) in [7, 11) is 0. The van der Waals surface area contributed by atoms with Gasteiger partial charge >= 0.3 is 0 Å². The van der Waals surface area contributed by atoms with Gasteiger partial charge in [-0.2, -0.15) is 0 Å². The molecule has 0 radical (unpaired) electrons. The molecule has 1 aromatic rings. The minimum atomic E-state index is 0.251. The fraction of sp³-hybridized carbons (Fsp3) is 0.300. The van der Waals surface area contributed by atoms with Gasteiger partial charge in [-0.1, -0.05) is 18.2 Å². The molecule has 0 aromatic heterocycles. The number of hydrogen-bond acceptors (Lipinski definition) is 2. The number of para-hydroxylation sites is 1. The molecule has 0 aliphatic heterocycles. The molecule has 0 saturated carbocycles. The topological polar surface area (TPSA) is 70.6 Å². The molecule has 4 N–H and O–H groups in total. The highest BCUT2D eigenvalue weighted by Crippen LogP contribution is 2.15. The second-order valence-electron chi connectivity index (χ2n) is 2.86. The predicted octanol–water partition coefficient (Wildman–Crippen LogP) is 0.816. The number of guanidine groups is 1. The fourth-order valence-corrected chi connectivity index (χ4v) is 1.05. The van der Waals surface area contributed by atoms with Gasteiger partial charge in [0.2, 0.25) is 0 Å². The lowest BCUT2D eigenvalue weighted by molar-refractivity contribution is 0.468. The number of hydrogen-bond donors (Lipinski definition) is 3. The smallest absolute Gasteiger partial charge is 0.188 e. The monoisotopic (exact) mass is 193 g/mol. The highest BCUT2D eigenvalue weighted by Gasteiger charge is 1.97. The van der Waals surface area contributed by atoms with Gasteiger partial charge in [0.1, 0.15) is 5.75 Å². The summed E-state index contributed by atoms with van der Waals surface area (Å²) in [6, 6.07) is 7.08. The summed E-state index contributed by atoms with van der Waals surface area (Å²) in [5.74, 6) is 0.649. The average Bonchev–Trinajstić information content (AvgIpc) is 2.17. The van der Waals surface area contributed by atoms with Crippen LogP contribution in [0.1, 0.15) is 12.5 Å². The van der Waals surface area contributed by atoms with Crippen LogP contribution < -0.4 is 11.1 Å². The van der Waals surface area contributed by atoms with Crippen molar-refractivity contribution in [1.82, 2.24) is 5.32 Å². The largest absolute Gasteiger partial charge is 0.508 e. The van der Waals surface area contributed by atoms with Gasteiger partial charge in [-0.05, 0) is 13.0 Å². The Labute approximate surface area is 83.5 Å². The van der Waals surface area contributed by atoms with Crippen molar-refractivity contribution in [3.8, 4) is 5.75 Å². The quantitative estimate of drug-likeness (QED) is 0.491. The highest BCUT2D eigenvalue weighted by atomic mass is 16.3. The number of aliphatic imine (C=N–C) groups is 1. The molecule has 1 rings (SSSR count). The fourth-order valence-electron chi connectivity index (χ4n) is 1.05. The number of rotatable bonds is 3. The Morgan fingerprint density at radius 3 is 2.86 bits per heavy atom. The number of aromatic hydroxyl groups is 1. The Kier molecular flexibility index (Phi) is 3.79. The molecular formula is C10H15N3O. The highest BCUT2D eigenvalue weighted by molar-refractivity contribution is 5.77. The molecule has 0 heterocycles. The molecule has 0 bridgehead atoms. The molecule has 0 unspecified atom stereocenters. The third-order valence-electron chi connectivity index (χ3n) is 1.77. The van der Waals surface area contributed by atoms with Crippen LogP contribution in [0.4, 0.5) is 0 Å². The van der Waals surface area contributed by atoms with Crippen LogP contribution in [-0.4, -0.2) is 17.6 Å². The average molecular weight is 193 g/mol.